The molecule has 0 aliphatic heterocycles. The van der Waals surface area contributed by atoms with E-state index in [0.29, 0.717) is 18.0 Å². The van der Waals surface area contributed by atoms with Crippen LogP contribution in [0.3, 0.4) is 0 Å². The van der Waals surface area contributed by atoms with Crippen molar-refractivity contribution in [3.8, 4) is 0 Å². The predicted molar refractivity (Wildman–Crippen MR) is 81.0 cm³/mol. The van der Waals surface area contributed by atoms with Crippen LogP contribution in [0.4, 0.5) is 0 Å². The van der Waals surface area contributed by atoms with Gasteiger partial charge in [-0.1, -0.05) is 31.9 Å². The molecule has 1 N–H and O–H groups in total. The molecular weight excluding hydrogens is 272 g/mol. The Labute approximate surface area is 122 Å². The summed E-state index contributed by atoms with van der Waals surface area (Å²) in [6, 6.07) is 7.43. The fourth-order valence-corrected chi connectivity index (χ4v) is 4.74. The van der Waals surface area contributed by atoms with E-state index in [2.05, 4.69) is 5.32 Å². The summed E-state index contributed by atoms with van der Waals surface area (Å²) in [4.78, 5) is 0.416. The summed E-state index contributed by atoms with van der Waals surface area (Å²) in [5.74, 6) is 0. The van der Waals surface area contributed by atoms with Crippen LogP contribution in [0.2, 0.25) is 0 Å². The number of nitrogens with one attached hydrogen (secondary N) is 1. The molecule has 0 radical (unpaired) electrons. The van der Waals surface area contributed by atoms with Crippen molar-refractivity contribution in [3.05, 3.63) is 29.8 Å². The molecule has 1 aliphatic rings. The first-order valence-corrected chi connectivity index (χ1v) is 8.79. The van der Waals surface area contributed by atoms with Gasteiger partial charge in [-0.15, -0.1) is 0 Å². The lowest BCUT2D eigenvalue weighted by Crippen LogP contribution is -2.38. The summed E-state index contributed by atoms with van der Waals surface area (Å²) < 4.78 is 27.3. The van der Waals surface area contributed by atoms with E-state index in [1.54, 1.807) is 16.4 Å². The number of rotatable bonds is 6. The maximum Gasteiger partial charge on any atom is 0.243 e. The van der Waals surface area contributed by atoms with Crippen molar-refractivity contribution in [2.75, 3.05) is 13.6 Å². The highest BCUT2D eigenvalue weighted by atomic mass is 32.2. The third-order valence-electron chi connectivity index (χ3n) is 3.93. The molecule has 5 heteroatoms. The third-order valence-corrected chi connectivity index (χ3v) is 5.95. The van der Waals surface area contributed by atoms with Crippen LogP contribution in [-0.4, -0.2) is 32.4 Å². The normalized spacial score (nSPS) is 16.9. The summed E-state index contributed by atoms with van der Waals surface area (Å²) in [6.07, 6.45) is 4.25. The van der Waals surface area contributed by atoms with Crippen LogP contribution in [0.25, 0.3) is 0 Å². The summed E-state index contributed by atoms with van der Waals surface area (Å²) in [7, 11) is -1.51. The molecule has 0 aromatic heterocycles. The molecule has 0 atom stereocenters. The molecule has 1 aromatic carbocycles. The first kappa shape index (κ1) is 15.5. The van der Waals surface area contributed by atoms with E-state index in [1.165, 1.54) is 0 Å². The largest absolute Gasteiger partial charge is 0.316 e. The minimum absolute atomic E-state index is 0.179. The van der Waals surface area contributed by atoms with Crippen molar-refractivity contribution in [1.29, 1.82) is 0 Å². The van der Waals surface area contributed by atoms with E-state index < -0.39 is 10.0 Å². The third kappa shape index (κ3) is 3.22. The lowest BCUT2D eigenvalue weighted by atomic mass is 10.2. The molecular formula is C15H24N2O2S. The zero-order chi connectivity index (χ0) is 14.6. The Bertz CT molecular complexity index is 537. The van der Waals surface area contributed by atoms with E-state index in [4.69, 9.17) is 0 Å². The fourth-order valence-electron chi connectivity index (χ4n) is 2.97. The molecule has 0 spiro atoms. The van der Waals surface area contributed by atoms with Gasteiger partial charge in [-0.05, 0) is 37.6 Å². The molecule has 0 bridgehead atoms. The molecule has 0 heterocycles. The lowest BCUT2D eigenvalue weighted by Gasteiger charge is -2.26. The van der Waals surface area contributed by atoms with Crippen molar-refractivity contribution in [2.45, 2.75) is 50.1 Å². The predicted octanol–water partition coefficient (Wildman–Crippen LogP) is 2.36. The number of nitrogens with zero attached hydrogens (tertiary/aromatic N) is 1. The smallest absolute Gasteiger partial charge is 0.243 e. The second-order valence-corrected chi connectivity index (χ2v) is 7.21. The van der Waals surface area contributed by atoms with Crippen LogP contribution in [0.1, 0.15) is 38.2 Å². The Balaban J connectivity index is 2.29. The van der Waals surface area contributed by atoms with E-state index in [9.17, 15) is 8.42 Å². The zero-order valence-electron chi connectivity index (χ0n) is 12.3. The monoisotopic (exact) mass is 296 g/mol. The summed E-state index contributed by atoms with van der Waals surface area (Å²) >= 11 is 0. The minimum Gasteiger partial charge on any atom is -0.316 e. The van der Waals surface area contributed by atoms with Gasteiger partial charge < -0.3 is 5.32 Å². The Morgan fingerprint density at radius 1 is 1.30 bits per heavy atom. The van der Waals surface area contributed by atoms with Gasteiger partial charge in [0, 0.05) is 19.1 Å². The van der Waals surface area contributed by atoms with E-state index in [-0.39, 0.29) is 6.04 Å². The molecule has 0 unspecified atom stereocenters. The highest BCUT2D eigenvalue weighted by Crippen LogP contribution is 2.28. The van der Waals surface area contributed by atoms with Gasteiger partial charge in [0.2, 0.25) is 10.0 Å². The Morgan fingerprint density at radius 3 is 2.60 bits per heavy atom. The van der Waals surface area contributed by atoms with E-state index in [0.717, 1.165) is 31.2 Å². The van der Waals surface area contributed by atoms with E-state index in [1.807, 2.05) is 26.1 Å². The molecule has 4 nitrogen and oxygen atoms in total. The Hall–Kier alpha value is -0.910. The average molecular weight is 296 g/mol. The molecule has 1 fully saturated rings. The maximum absolute atomic E-state index is 12.8. The average Bonchev–Trinajstić information content (AvgIpc) is 2.94. The molecule has 0 amide bonds. The molecule has 112 valence electrons. The summed E-state index contributed by atoms with van der Waals surface area (Å²) in [6.45, 7) is 3.15. The van der Waals surface area contributed by atoms with Gasteiger partial charge >= 0.3 is 0 Å². The molecule has 20 heavy (non-hydrogen) atoms. The fraction of sp³-hybridized carbons (Fsp3) is 0.600. The van der Waals surface area contributed by atoms with Crippen LogP contribution in [0.15, 0.2) is 29.2 Å². The molecule has 0 saturated heterocycles. The zero-order valence-corrected chi connectivity index (χ0v) is 13.1. The van der Waals surface area contributed by atoms with Crippen molar-refractivity contribution >= 4 is 10.0 Å². The molecule has 1 saturated carbocycles. The van der Waals surface area contributed by atoms with Gasteiger partial charge in [0.1, 0.15) is 0 Å². The topological polar surface area (TPSA) is 49.4 Å². The highest BCUT2D eigenvalue weighted by Gasteiger charge is 2.31. The number of sulfonamides is 1. The van der Waals surface area contributed by atoms with Crippen LogP contribution < -0.4 is 5.32 Å². The number of hydrogen-bond donors (Lipinski definition) is 1. The van der Waals surface area contributed by atoms with Gasteiger partial charge in [0.15, 0.2) is 0 Å². The van der Waals surface area contributed by atoms with Crippen molar-refractivity contribution < 1.29 is 8.42 Å². The lowest BCUT2D eigenvalue weighted by molar-refractivity contribution is 0.335. The van der Waals surface area contributed by atoms with Gasteiger partial charge in [0.05, 0.1) is 4.90 Å². The van der Waals surface area contributed by atoms with Crippen LogP contribution in [0.5, 0.6) is 0 Å². The van der Waals surface area contributed by atoms with Gasteiger partial charge in [-0.3, -0.25) is 0 Å². The standard InChI is InChI=1S/C15H24N2O2S/c1-3-17(14-8-4-5-9-14)20(18,19)15-10-6-7-13(11-15)12-16-2/h6-7,10-11,14,16H,3-5,8-9,12H2,1-2H3. The first-order chi connectivity index (χ1) is 9.59. The van der Waals surface area contributed by atoms with Gasteiger partial charge in [0.25, 0.3) is 0 Å². The summed E-state index contributed by atoms with van der Waals surface area (Å²) in [5.41, 5.74) is 0.996. The highest BCUT2D eigenvalue weighted by molar-refractivity contribution is 7.89. The van der Waals surface area contributed by atoms with Gasteiger partial charge in [-0.25, -0.2) is 8.42 Å². The molecule has 2 rings (SSSR count). The van der Waals surface area contributed by atoms with E-state index >= 15 is 0 Å². The number of hydrogen-bond acceptors (Lipinski definition) is 3. The minimum atomic E-state index is -3.37. The second-order valence-electron chi connectivity index (χ2n) is 5.32. The first-order valence-electron chi connectivity index (χ1n) is 7.35. The van der Waals surface area contributed by atoms with Crippen LogP contribution >= 0.6 is 0 Å². The molecule has 1 aliphatic carbocycles. The van der Waals surface area contributed by atoms with Crippen molar-refractivity contribution in [2.24, 2.45) is 0 Å². The molecule has 1 aromatic rings. The van der Waals surface area contributed by atoms with Crippen molar-refractivity contribution in [1.82, 2.24) is 9.62 Å². The van der Waals surface area contributed by atoms with Crippen LogP contribution in [-0.2, 0) is 16.6 Å². The maximum atomic E-state index is 12.8. The number of benzene rings is 1. The van der Waals surface area contributed by atoms with Crippen molar-refractivity contribution in [3.63, 3.8) is 0 Å². The van der Waals surface area contributed by atoms with Crippen LogP contribution in [0, 0.1) is 0 Å². The van der Waals surface area contributed by atoms with Gasteiger partial charge in [-0.2, -0.15) is 4.31 Å². The Morgan fingerprint density at radius 2 is 2.00 bits per heavy atom. The SMILES string of the molecule is CCN(C1CCCC1)S(=O)(=O)c1cccc(CNC)c1. The summed E-state index contributed by atoms with van der Waals surface area (Å²) in [5, 5.41) is 3.05. The second kappa shape index (κ2) is 6.70. The Kier molecular flexibility index (Phi) is 5.18. The quantitative estimate of drug-likeness (QED) is 0.876.